The summed E-state index contributed by atoms with van der Waals surface area (Å²) in [7, 11) is -3.75. The molecule has 0 amide bonds. The average molecular weight is 442 g/mol. The monoisotopic (exact) mass is 442 g/mol. The van der Waals surface area contributed by atoms with Gasteiger partial charge in [0.2, 0.25) is 15.8 Å². The molecule has 1 N–H and O–H groups in total. The van der Waals surface area contributed by atoms with E-state index in [-0.39, 0.29) is 29.3 Å². The molecule has 0 radical (unpaired) electrons. The Kier molecular flexibility index (Phi) is 5.90. The van der Waals surface area contributed by atoms with E-state index in [1.54, 1.807) is 6.20 Å². The maximum Gasteiger partial charge on any atom is 0.338 e. The van der Waals surface area contributed by atoms with E-state index in [9.17, 15) is 18.0 Å². The normalized spacial score (nSPS) is 16.2. The fraction of sp³-hybridized carbons (Fsp3) is 0.273. The van der Waals surface area contributed by atoms with Gasteiger partial charge in [-0.3, -0.25) is 4.79 Å². The molecule has 1 aromatic heterocycles. The molecule has 1 atom stereocenters. The lowest BCUT2D eigenvalue weighted by atomic mass is 10.1. The van der Waals surface area contributed by atoms with Crippen LogP contribution in [0.5, 0.6) is 0 Å². The number of hydrogen-bond acceptors (Lipinski definition) is 6. The Bertz CT molecular complexity index is 1230. The Morgan fingerprint density at radius 2 is 1.84 bits per heavy atom. The van der Waals surface area contributed by atoms with Crippen molar-refractivity contribution in [3.63, 3.8) is 0 Å². The molecular weight excluding hydrogens is 420 g/mol. The van der Waals surface area contributed by atoms with Crippen LogP contribution in [0.4, 0.5) is 0 Å². The summed E-state index contributed by atoms with van der Waals surface area (Å²) in [6, 6.07) is 13.0. The molecule has 1 fully saturated rings. The summed E-state index contributed by atoms with van der Waals surface area (Å²) in [5.74, 6) is -1.11. The van der Waals surface area contributed by atoms with E-state index in [4.69, 9.17) is 9.47 Å². The number of rotatable bonds is 6. The van der Waals surface area contributed by atoms with E-state index < -0.39 is 22.1 Å². The van der Waals surface area contributed by atoms with Crippen LogP contribution < -0.4 is 0 Å². The van der Waals surface area contributed by atoms with Gasteiger partial charge < -0.3 is 14.5 Å². The van der Waals surface area contributed by atoms with Crippen LogP contribution in [0.3, 0.4) is 0 Å². The molecule has 8 nitrogen and oxygen atoms in total. The fourth-order valence-electron chi connectivity index (χ4n) is 3.50. The molecule has 0 spiro atoms. The molecule has 1 saturated heterocycles. The number of ketones is 1. The predicted molar refractivity (Wildman–Crippen MR) is 114 cm³/mol. The van der Waals surface area contributed by atoms with Crippen LogP contribution in [-0.4, -0.2) is 61.9 Å². The third-order valence-corrected chi connectivity index (χ3v) is 7.08. The summed E-state index contributed by atoms with van der Waals surface area (Å²) in [6.07, 6.45) is 0.554. The molecule has 31 heavy (non-hydrogen) atoms. The van der Waals surface area contributed by atoms with Crippen molar-refractivity contribution in [1.82, 2.24) is 9.29 Å². The van der Waals surface area contributed by atoms with Gasteiger partial charge in [-0.15, -0.1) is 0 Å². The Hall–Kier alpha value is -3.01. The minimum Gasteiger partial charge on any atom is -0.451 e. The average Bonchev–Trinajstić information content (AvgIpc) is 3.23. The lowest BCUT2D eigenvalue weighted by Crippen LogP contribution is -2.40. The molecule has 1 aliphatic heterocycles. The highest BCUT2D eigenvalue weighted by atomic mass is 32.2. The highest BCUT2D eigenvalue weighted by Crippen LogP contribution is 2.22. The van der Waals surface area contributed by atoms with Crippen LogP contribution in [0.2, 0.25) is 0 Å². The molecule has 1 aliphatic rings. The number of carbonyl (C=O) groups is 2. The summed E-state index contributed by atoms with van der Waals surface area (Å²) >= 11 is 0. The molecule has 3 aromatic rings. The van der Waals surface area contributed by atoms with Crippen molar-refractivity contribution in [2.24, 2.45) is 0 Å². The Morgan fingerprint density at radius 1 is 1.10 bits per heavy atom. The van der Waals surface area contributed by atoms with E-state index in [1.165, 1.54) is 35.5 Å². The van der Waals surface area contributed by atoms with Gasteiger partial charge in [-0.25, -0.2) is 13.2 Å². The molecule has 0 bridgehead atoms. The van der Waals surface area contributed by atoms with Crippen molar-refractivity contribution < 1.29 is 27.5 Å². The minimum atomic E-state index is -3.75. The lowest BCUT2D eigenvalue weighted by molar-refractivity contribution is 0.0319. The van der Waals surface area contributed by atoms with E-state index in [0.29, 0.717) is 18.8 Å². The number of aromatic nitrogens is 1. The molecule has 4 rings (SSSR count). The van der Waals surface area contributed by atoms with Crippen LogP contribution in [0.15, 0.2) is 59.6 Å². The third-order valence-electron chi connectivity index (χ3n) is 5.19. The first-order valence-corrected chi connectivity index (χ1v) is 11.3. The van der Waals surface area contributed by atoms with Crippen molar-refractivity contribution in [2.75, 3.05) is 26.3 Å². The summed E-state index contributed by atoms with van der Waals surface area (Å²) < 4.78 is 37.5. The molecule has 0 saturated carbocycles. The van der Waals surface area contributed by atoms with Crippen molar-refractivity contribution >= 4 is 32.7 Å². The number of H-pyrrole nitrogens is 1. The standard InChI is InChI=1S/C22H22N2O6S/c1-15(21(25)19-14-23-20-8-3-2-7-18(19)20)30-22(26)16-5-4-6-17(13-16)31(27,28)24-9-11-29-12-10-24/h2-8,13-15,23H,9-12H2,1H3/t15-/m0/s1. The van der Waals surface area contributed by atoms with Crippen LogP contribution in [0, 0.1) is 0 Å². The molecule has 9 heteroatoms. The first kappa shape index (κ1) is 21.2. The van der Waals surface area contributed by atoms with Gasteiger partial charge in [0.25, 0.3) is 0 Å². The second-order valence-electron chi connectivity index (χ2n) is 7.20. The summed E-state index contributed by atoms with van der Waals surface area (Å²) in [5, 5.41) is 0.744. The zero-order valence-electron chi connectivity index (χ0n) is 16.9. The highest BCUT2D eigenvalue weighted by Gasteiger charge is 2.28. The number of benzene rings is 2. The summed E-state index contributed by atoms with van der Waals surface area (Å²) in [5.41, 5.74) is 1.30. The lowest BCUT2D eigenvalue weighted by Gasteiger charge is -2.26. The maximum absolute atomic E-state index is 12.8. The molecular formula is C22H22N2O6S. The number of morpholine rings is 1. The number of carbonyl (C=O) groups excluding carboxylic acids is 2. The Labute approximate surface area is 179 Å². The van der Waals surface area contributed by atoms with Gasteiger partial charge in [0, 0.05) is 35.8 Å². The van der Waals surface area contributed by atoms with Gasteiger partial charge in [0.15, 0.2) is 6.10 Å². The van der Waals surface area contributed by atoms with Gasteiger partial charge in [0.05, 0.1) is 23.7 Å². The van der Waals surface area contributed by atoms with Crippen LogP contribution in [0.1, 0.15) is 27.6 Å². The first-order chi connectivity index (χ1) is 14.9. The van der Waals surface area contributed by atoms with Gasteiger partial charge in [-0.05, 0) is 31.2 Å². The van der Waals surface area contributed by atoms with Crippen molar-refractivity contribution in [3.8, 4) is 0 Å². The molecule has 0 aliphatic carbocycles. The molecule has 2 heterocycles. The molecule has 0 unspecified atom stereocenters. The van der Waals surface area contributed by atoms with Crippen LogP contribution >= 0.6 is 0 Å². The Morgan fingerprint density at radius 3 is 2.61 bits per heavy atom. The number of nitrogens with one attached hydrogen (secondary N) is 1. The second kappa shape index (κ2) is 8.62. The van der Waals surface area contributed by atoms with E-state index in [2.05, 4.69) is 4.98 Å². The number of ether oxygens (including phenoxy) is 2. The molecule has 162 valence electrons. The number of Topliss-reactive ketones (excluding diaryl/α,β-unsaturated/α-hetero) is 1. The number of nitrogens with zero attached hydrogens (tertiary/aromatic N) is 1. The predicted octanol–water partition coefficient (Wildman–Crippen LogP) is 2.62. The van der Waals surface area contributed by atoms with Gasteiger partial charge in [0.1, 0.15) is 0 Å². The summed E-state index contributed by atoms with van der Waals surface area (Å²) in [6.45, 7) is 2.67. The number of fused-ring (bicyclic) bond motifs is 1. The van der Waals surface area contributed by atoms with Gasteiger partial charge >= 0.3 is 5.97 Å². The molecule has 2 aromatic carbocycles. The Balaban J connectivity index is 1.51. The van der Waals surface area contributed by atoms with Crippen molar-refractivity contribution in [3.05, 3.63) is 65.9 Å². The van der Waals surface area contributed by atoms with Crippen molar-refractivity contribution in [1.29, 1.82) is 0 Å². The SMILES string of the molecule is C[C@H](OC(=O)c1cccc(S(=O)(=O)N2CCOCC2)c1)C(=O)c1c[nH]c2ccccc12. The number of esters is 1. The van der Waals surface area contributed by atoms with Crippen molar-refractivity contribution in [2.45, 2.75) is 17.9 Å². The highest BCUT2D eigenvalue weighted by molar-refractivity contribution is 7.89. The maximum atomic E-state index is 12.8. The first-order valence-electron chi connectivity index (χ1n) is 9.87. The van der Waals surface area contributed by atoms with Gasteiger partial charge in [-0.1, -0.05) is 24.3 Å². The fourth-order valence-corrected chi connectivity index (χ4v) is 4.95. The van der Waals surface area contributed by atoms with Gasteiger partial charge in [-0.2, -0.15) is 4.31 Å². The number of aromatic amines is 1. The van der Waals surface area contributed by atoms with Crippen LogP contribution in [-0.2, 0) is 19.5 Å². The number of hydrogen-bond donors (Lipinski definition) is 1. The van der Waals surface area contributed by atoms with E-state index in [0.717, 1.165) is 10.9 Å². The topological polar surface area (TPSA) is 106 Å². The zero-order valence-corrected chi connectivity index (χ0v) is 17.7. The summed E-state index contributed by atoms with van der Waals surface area (Å²) in [4.78, 5) is 28.5. The number of para-hydroxylation sites is 1. The number of sulfonamides is 1. The zero-order chi connectivity index (χ0) is 22.0. The quantitative estimate of drug-likeness (QED) is 0.465. The smallest absolute Gasteiger partial charge is 0.338 e. The largest absolute Gasteiger partial charge is 0.451 e. The van der Waals surface area contributed by atoms with E-state index >= 15 is 0 Å². The van der Waals surface area contributed by atoms with Crippen LogP contribution in [0.25, 0.3) is 10.9 Å². The third kappa shape index (κ3) is 4.25. The minimum absolute atomic E-state index is 0.000502. The second-order valence-corrected chi connectivity index (χ2v) is 9.14. The van der Waals surface area contributed by atoms with E-state index in [1.807, 2.05) is 24.3 Å².